The van der Waals surface area contributed by atoms with Crippen LogP contribution in [0.1, 0.15) is 17.2 Å². The van der Waals surface area contributed by atoms with Crippen LogP contribution >= 0.6 is 10.9 Å². The zero-order valence-electron chi connectivity index (χ0n) is 14.4. The molecule has 2 heterocycles. The van der Waals surface area contributed by atoms with E-state index in [4.69, 9.17) is 9.15 Å². The Labute approximate surface area is 154 Å². The molecule has 0 spiro atoms. The van der Waals surface area contributed by atoms with E-state index in [1.54, 1.807) is 13.2 Å². The van der Waals surface area contributed by atoms with Gasteiger partial charge in [-0.2, -0.15) is 0 Å². The number of ether oxygens (including phenoxy) is 1. The van der Waals surface area contributed by atoms with Gasteiger partial charge in [0.15, 0.2) is 11.3 Å². The molecule has 26 heavy (non-hydrogen) atoms. The van der Waals surface area contributed by atoms with Crippen molar-refractivity contribution in [1.29, 1.82) is 0 Å². The monoisotopic (exact) mass is 366 g/mol. The Morgan fingerprint density at radius 1 is 1.19 bits per heavy atom. The molecule has 3 aromatic rings. The van der Waals surface area contributed by atoms with Gasteiger partial charge in [-0.05, 0) is 36.6 Å². The molecule has 0 saturated heterocycles. The van der Waals surface area contributed by atoms with Crippen molar-refractivity contribution in [3.8, 4) is 5.75 Å². The molecule has 2 N–H and O–H groups in total. The summed E-state index contributed by atoms with van der Waals surface area (Å²) in [6, 6.07) is 15.3. The minimum Gasteiger partial charge on any atom is -0.493 e. The van der Waals surface area contributed by atoms with Gasteiger partial charge >= 0.3 is 5.63 Å². The standard InChI is InChI=1S/C20H18N2O3S/c1-12-6-8-14(9-7-12)21-20-22-16(11-26-20)15-10-13-4-3-5-17(24-2)18(13)25-19(15)23/h3-11,16,21-22H,1-2H3. The first-order chi connectivity index (χ1) is 12.6. The van der Waals surface area contributed by atoms with E-state index in [0.717, 1.165) is 16.2 Å². The lowest BCUT2D eigenvalue weighted by molar-refractivity contribution is 0.406. The summed E-state index contributed by atoms with van der Waals surface area (Å²) in [6.45, 7) is 2.05. The average molecular weight is 366 g/mol. The van der Waals surface area contributed by atoms with Crippen molar-refractivity contribution in [3.05, 3.63) is 70.1 Å². The highest BCUT2D eigenvalue weighted by Gasteiger charge is 2.20. The number of hydrogen-bond acceptors (Lipinski definition) is 5. The van der Waals surface area contributed by atoms with Crippen molar-refractivity contribution in [1.82, 2.24) is 5.32 Å². The minimum atomic E-state index is -0.368. The van der Waals surface area contributed by atoms with Crippen LogP contribution in [-0.2, 0) is 0 Å². The van der Waals surface area contributed by atoms with E-state index in [9.17, 15) is 4.79 Å². The number of nitrogens with one attached hydrogen (secondary N) is 2. The molecular weight excluding hydrogens is 348 g/mol. The second-order valence-corrected chi connectivity index (χ2v) is 6.98. The number of aryl methyl sites for hydroxylation is 1. The van der Waals surface area contributed by atoms with E-state index in [1.165, 1.54) is 16.5 Å². The van der Waals surface area contributed by atoms with Crippen LogP contribution in [0.3, 0.4) is 0 Å². The second kappa shape index (κ2) is 6.82. The lowest BCUT2D eigenvalue weighted by Gasteiger charge is -2.13. The molecule has 0 bridgehead atoms. The highest BCUT2D eigenvalue weighted by Crippen LogP contribution is 2.26. The molecule has 1 aliphatic rings. The first-order valence-corrected chi connectivity index (χ1v) is 9.10. The lowest BCUT2D eigenvalue weighted by Crippen LogP contribution is -2.32. The largest absolute Gasteiger partial charge is 0.493 e. The van der Waals surface area contributed by atoms with Crippen molar-refractivity contribution in [3.63, 3.8) is 0 Å². The third-order valence-corrected chi connectivity index (χ3v) is 5.09. The van der Waals surface area contributed by atoms with Crippen LogP contribution in [0.15, 0.2) is 57.7 Å². The summed E-state index contributed by atoms with van der Waals surface area (Å²) < 4.78 is 10.8. The third-order valence-electron chi connectivity index (χ3n) is 4.22. The third kappa shape index (κ3) is 3.16. The van der Waals surface area contributed by atoms with Crippen LogP contribution in [0.25, 0.3) is 11.0 Å². The van der Waals surface area contributed by atoms with Crippen molar-refractivity contribution in [2.75, 3.05) is 12.4 Å². The van der Waals surface area contributed by atoms with Gasteiger partial charge in [-0.1, -0.05) is 29.8 Å². The minimum absolute atomic E-state index is 0.222. The highest BCUT2D eigenvalue weighted by atomic mass is 32.1. The van der Waals surface area contributed by atoms with Gasteiger partial charge in [0.25, 0.3) is 0 Å². The normalized spacial score (nSPS) is 16.2. The average Bonchev–Trinajstić information content (AvgIpc) is 3.11. The zero-order chi connectivity index (χ0) is 18.1. The Balaban J connectivity index is 1.58. The fourth-order valence-corrected chi connectivity index (χ4v) is 3.70. The van der Waals surface area contributed by atoms with Gasteiger partial charge in [-0.3, -0.25) is 5.32 Å². The summed E-state index contributed by atoms with van der Waals surface area (Å²) in [6.07, 6.45) is 0. The number of rotatable bonds is 3. The number of benzene rings is 2. The van der Waals surface area contributed by atoms with Crippen LogP contribution in [0, 0.1) is 6.92 Å². The molecule has 0 saturated carbocycles. The molecule has 132 valence electrons. The summed E-state index contributed by atoms with van der Waals surface area (Å²) in [5.74, 6) is 0.553. The zero-order valence-corrected chi connectivity index (χ0v) is 15.2. The maximum Gasteiger partial charge on any atom is 0.341 e. The Hall–Kier alpha value is -2.83. The number of para-hydroxylation sites is 1. The van der Waals surface area contributed by atoms with E-state index < -0.39 is 0 Å². The smallest absolute Gasteiger partial charge is 0.341 e. The fraction of sp³-hybridized carbons (Fsp3) is 0.150. The van der Waals surface area contributed by atoms with Crippen LogP contribution in [-0.4, -0.2) is 17.6 Å². The molecular formula is C20H18N2O3S. The molecule has 1 aromatic heterocycles. The number of anilines is 1. The van der Waals surface area contributed by atoms with Gasteiger partial charge in [0.1, 0.15) is 5.11 Å². The van der Waals surface area contributed by atoms with Gasteiger partial charge in [0.05, 0.1) is 18.7 Å². The Morgan fingerprint density at radius 3 is 2.77 bits per heavy atom. The van der Waals surface area contributed by atoms with E-state index in [2.05, 4.69) is 29.7 Å². The van der Waals surface area contributed by atoms with Crippen molar-refractivity contribution >= 4 is 38.1 Å². The summed E-state index contributed by atoms with van der Waals surface area (Å²) in [5, 5.41) is 10.3. The lowest BCUT2D eigenvalue weighted by atomic mass is 10.1. The highest BCUT2D eigenvalue weighted by molar-refractivity contribution is 7.97. The molecule has 4 rings (SSSR count). The molecule has 5 nitrogen and oxygen atoms in total. The van der Waals surface area contributed by atoms with Gasteiger partial charge < -0.3 is 14.5 Å². The summed E-state index contributed by atoms with van der Waals surface area (Å²) in [5.41, 5.74) is 2.87. The number of methoxy groups -OCH3 is 1. The van der Waals surface area contributed by atoms with Gasteiger partial charge in [0.2, 0.25) is 0 Å². The Morgan fingerprint density at radius 2 is 2.00 bits per heavy atom. The van der Waals surface area contributed by atoms with Crippen LogP contribution < -0.4 is 21.0 Å². The van der Waals surface area contributed by atoms with Crippen molar-refractivity contribution in [2.24, 2.45) is 0 Å². The van der Waals surface area contributed by atoms with Crippen molar-refractivity contribution < 1.29 is 9.15 Å². The summed E-state index contributed by atoms with van der Waals surface area (Å²) in [7, 11) is 3.09. The number of hydrogen-bond donors (Lipinski definition) is 2. The Bertz CT molecular complexity index is 1100. The number of fused-ring (bicyclic) bond motifs is 1. The second-order valence-electron chi connectivity index (χ2n) is 6.06. The van der Waals surface area contributed by atoms with Gasteiger partial charge in [-0.25, -0.2) is 4.79 Å². The maximum atomic E-state index is 12.5. The molecule has 1 atom stereocenters. The molecule has 2 aromatic carbocycles. The van der Waals surface area contributed by atoms with E-state index in [1.807, 2.05) is 35.7 Å². The molecule has 0 amide bonds. The summed E-state index contributed by atoms with van der Waals surface area (Å²) >= 11 is 0. The van der Waals surface area contributed by atoms with Crippen LogP contribution in [0.5, 0.6) is 5.75 Å². The van der Waals surface area contributed by atoms with Gasteiger partial charge in [-0.15, -0.1) is 10.9 Å². The molecule has 0 aliphatic carbocycles. The Kier molecular flexibility index (Phi) is 4.36. The topological polar surface area (TPSA) is 63.5 Å². The first kappa shape index (κ1) is 16.6. The predicted octanol–water partition coefficient (Wildman–Crippen LogP) is 3.49. The molecule has 1 unspecified atom stereocenters. The van der Waals surface area contributed by atoms with E-state index in [-0.39, 0.29) is 11.7 Å². The molecule has 0 fully saturated rings. The predicted molar refractivity (Wildman–Crippen MR) is 108 cm³/mol. The molecule has 6 heteroatoms. The van der Waals surface area contributed by atoms with E-state index >= 15 is 0 Å². The SMILES string of the molecule is COc1cccc2cc(C3C=S=C(Nc4ccc(C)cc4)N3)c(=O)oc12. The fourth-order valence-electron chi connectivity index (χ4n) is 2.84. The first-order valence-electron chi connectivity index (χ1n) is 8.22. The summed E-state index contributed by atoms with van der Waals surface area (Å²) in [4.78, 5) is 12.5. The van der Waals surface area contributed by atoms with Crippen molar-refractivity contribution in [2.45, 2.75) is 13.0 Å². The molecule has 0 radical (unpaired) electrons. The molecule has 1 aliphatic heterocycles. The van der Waals surface area contributed by atoms with Crippen LogP contribution in [0.2, 0.25) is 0 Å². The quantitative estimate of drug-likeness (QED) is 0.549. The van der Waals surface area contributed by atoms with Gasteiger partial charge in [0, 0.05) is 11.1 Å². The maximum absolute atomic E-state index is 12.5. The van der Waals surface area contributed by atoms with E-state index in [0.29, 0.717) is 16.9 Å². The van der Waals surface area contributed by atoms with Crippen LogP contribution in [0.4, 0.5) is 5.69 Å².